The highest BCUT2D eigenvalue weighted by Gasteiger charge is 2.07. The number of hydrogen-bond acceptors (Lipinski definition) is 4. The highest BCUT2D eigenvalue weighted by atomic mass is 127. The molecule has 0 saturated carbocycles. The second-order valence-corrected chi connectivity index (χ2v) is 4.16. The Morgan fingerprint density at radius 1 is 0.941 bits per heavy atom. The summed E-state index contributed by atoms with van der Waals surface area (Å²) in [4.78, 5) is 0. The van der Waals surface area contributed by atoms with E-state index in [2.05, 4.69) is 22.6 Å². The third-order valence-electron chi connectivity index (χ3n) is 1.93. The first kappa shape index (κ1) is 14.5. The molecule has 0 radical (unpaired) electrons. The zero-order chi connectivity index (χ0) is 12.5. The molecule has 0 spiro atoms. The minimum Gasteiger partial charge on any atom is -0.466 e. The second kappa shape index (κ2) is 8.54. The van der Waals surface area contributed by atoms with Crippen LogP contribution in [0.5, 0.6) is 11.5 Å². The lowest BCUT2D eigenvalue weighted by molar-refractivity contribution is 0.0171. The molecule has 1 rings (SSSR count). The van der Waals surface area contributed by atoms with Crippen LogP contribution in [0.1, 0.15) is 13.8 Å². The van der Waals surface area contributed by atoms with Crippen molar-refractivity contribution in [1.29, 1.82) is 0 Å². The van der Waals surface area contributed by atoms with Crippen LogP contribution in [-0.2, 0) is 9.47 Å². The van der Waals surface area contributed by atoms with Gasteiger partial charge < -0.3 is 18.9 Å². The Bertz CT molecular complexity index is 302. The van der Waals surface area contributed by atoms with Crippen molar-refractivity contribution in [2.24, 2.45) is 0 Å². The fraction of sp³-hybridized carbons (Fsp3) is 0.500. The molecular weight excluding hydrogens is 335 g/mol. The van der Waals surface area contributed by atoms with Crippen LogP contribution in [-0.4, -0.2) is 26.8 Å². The van der Waals surface area contributed by atoms with E-state index in [9.17, 15) is 0 Å². The first-order chi connectivity index (χ1) is 8.29. The van der Waals surface area contributed by atoms with Crippen LogP contribution in [0.3, 0.4) is 0 Å². The van der Waals surface area contributed by atoms with E-state index in [1.165, 1.54) is 0 Å². The summed E-state index contributed by atoms with van der Waals surface area (Å²) in [7, 11) is 0. The van der Waals surface area contributed by atoms with E-state index in [4.69, 9.17) is 18.9 Å². The maximum atomic E-state index is 5.47. The van der Waals surface area contributed by atoms with Crippen molar-refractivity contribution in [3.63, 3.8) is 0 Å². The van der Waals surface area contributed by atoms with Gasteiger partial charge in [0.25, 0.3) is 0 Å². The van der Waals surface area contributed by atoms with Crippen molar-refractivity contribution in [2.45, 2.75) is 13.8 Å². The Kier molecular flexibility index (Phi) is 7.30. The van der Waals surface area contributed by atoms with E-state index >= 15 is 0 Å². The molecule has 0 fully saturated rings. The van der Waals surface area contributed by atoms with Gasteiger partial charge in [0.1, 0.15) is 11.5 Å². The number of rotatable bonds is 8. The molecule has 0 bridgehead atoms. The van der Waals surface area contributed by atoms with Crippen LogP contribution in [0.2, 0.25) is 0 Å². The molecule has 5 heteroatoms. The Labute approximate surface area is 115 Å². The van der Waals surface area contributed by atoms with Crippen LogP contribution in [0.4, 0.5) is 0 Å². The van der Waals surface area contributed by atoms with Crippen molar-refractivity contribution in [3.8, 4) is 11.5 Å². The summed E-state index contributed by atoms with van der Waals surface area (Å²) in [5.74, 6) is 1.51. The summed E-state index contributed by atoms with van der Waals surface area (Å²) in [6.45, 7) is 5.63. The van der Waals surface area contributed by atoms with Gasteiger partial charge in [-0.2, -0.15) is 0 Å². The Morgan fingerprint density at radius 2 is 1.41 bits per heavy atom. The molecule has 0 atom stereocenters. The molecule has 4 nitrogen and oxygen atoms in total. The number of benzene rings is 1. The molecular formula is C12H17IO4. The molecule has 0 saturated heterocycles. The van der Waals surface area contributed by atoms with Crippen molar-refractivity contribution in [1.82, 2.24) is 0 Å². The van der Waals surface area contributed by atoms with E-state index in [1.54, 1.807) is 0 Å². The number of hydrogen-bond donors (Lipinski definition) is 0. The standard InChI is InChI=1S/C12H17IO4/c1-3-14-8-16-10-6-5-7-11(12(10)13)17-9-15-4-2/h5-7H,3-4,8-9H2,1-2H3. The second-order valence-electron chi connectivity index (χ2n) is 3.08. The first-order valence-electron chi connectivity index (χ1n) is 5.49. The molecule has 0 aliphatic heterocycles. The lowest BCUT2D eigenvalue weighted by Crippen LogP contribution is -2.06. The number of halogens is 1. The van der Waals surface area contributed by atoms with Crippen LogP contribution >= 0.6 is 22.6 Å². The van der Waals surface area contributed by atoms with E-state index in [0.29, 0.717) is 13.2 Å². The van der Waals surface area contributed by atoms with Gasteiger partial charge in [-0.05, 0) is 48.6 Å². The molecule has 0 aliphatic rings. The summed E-state index contributed by atoms with van der Waals surface area (Å²) < 4.78 is 22.1. The largest absolute Gasteiger partial charge is 0.466 e. The topological polar surface area (TPSA) is 36.9 Å². The van der Waals surface area contributed by atoms with Gasteiger partial charge in [0.05, 0.1) is 3.57 Å². The predicted molar refractivity (Wildman–Crippen MR) is 73.4 cm³/mol. The van der Waals surface area contributed by atoms with Crippen molar-refractivity contribution < 1.29 is 18.9 Å². The normalized spacial score (nSPS) is 10.3. The minimum atomic E-state index is 0.251. The van der Waals surface area contributed by atoms with Gasteiger partial charge in [0.15, 0.2) is 13.6 Å². The van der Waals surface area contributed by atoms with Gasteiger partial charge in [0, 0.05) is 13.2 Å². The maximum absolute atomic E-state index is 5.47. The molecule has 0 unspecified atom stereocenters. The van der Waals surface area contributed by atoms with Gasteiger partial charge >= 0.3 is 0 Å². The van der Waals surface area contributed by atoms with Gasteiger partial charge in [-0.3, -0.25) is 0 Å². The van der Waals surface area contributed by atoms with E-state index < -0.39 is 0 Å². The molecule has 96 valence electrons. The predicted octanol–water partition coefficient (Wildman–Crippen LogP) is 3.04. The smallest absolute Gasteiger partial charge is 0.189 e. The summed E-state index contributed by atoms with van der Waals surface area (Å²) >= 11 is 2.18. The molecule has 0 N–H and O–H groups in total. The summed E-state index contributed by atoms with van der Waals surface area (Å²) in [5.41, 5.74) is 0. The summed E-state index contributed by atoms with van der Waals surface area (Å²) in [5, 5.41) is 0. The Balaban J connectivity index is 2.56. The lowest BCUT2D eigenvalue weighted by Gasteiger charge is -2.12. The van der Waals surface area contributed by atoms with E-state index in [-0.39, 0.29) is 13.6 Å². The van der Waals surface area contributed by atoms with Gasteiger partial charge in [-0.1, -0.05) is 6.07 Å². The number of ether oxygens (including phenoxy) is 4. The Morgan fingerprint density at radius 3 is 1.82 bits per heavy atom. The molecule has 0 aliphatic carbocycles. The summed E-state index contributed by atoms with van der Waals surface area (Å²) in [6, 6.07) is 5.65. The Hall–Kier alpha value is -0.530. The van der Waals surface area contributed by atoms with Crippen molar-refractivity contribution in [3.05, 3.63) is 21.8 Å². The third-order valence-corrected chi connectivity index (χ3v) is 2.99. The average molecular weight is 352 g/mol. The van der Waals surface area contributed by atoms with Crippen LogP contribution in [0.25, 0.3) is 0 Å². The minimum absolute atomic E-state index is 0.251. The quantitative estimate of drug-likeness (QED) is 0.409. The average Bonchev–Trinajstić information content (AvgIpc) is 2.34. The van der Waals surface area contributed by atoms with E-state index in [1.807, 2.05) is 32.0 Å². The molecule has 0 heterocycles. The van der Waals surface area contributed by atoms with Gasteiger partial charge in [-0.15, -0.1) is 0 Å². The summed E-state index contributed by atoms with van der Waals surface area (Å²) in [6.07, 6.45) is 0. The van der Waals surface area contributed by atoms with Crippen molar-refractivity contribution in [2.75, 3.05) is 26.8 Å². The fourth-order valence-electron chi connectivity index (χ4n) is 1.09. The van der Waals surface area contributed by atoms with Crippen molar-refractivity contribution >= 4 is 22.6 Å². The fourth-order valence-corrected chi connectivity index (χ4v) is 1.76. The SMILES string of the molecule is CCOCOc1cccc(OCOCC)c1I. The first-order valence-corrected chi connectivity index (χ1v) is 6.57. The molecule has 1 aromatic carbocycles. The highest BCUT2D eigenvalue weighted by molar-refractivity contribution is 14.1. The van der Waals surface area contributed by atoms with Gasteiger partial charge in [0.2, 0.25) is 0 Å². The molecule has 0 amide bonds. The third kappa shape index (κ3) is 5.10. The molecule has 1 aromatic rings. The molecule has 0 aromatic heterocycles. The maximum Gasteiger partial charge on any atom is 0.189 e. The zero-order valence-corrected chi connectivity index (χ0v) is 12.2. The lowest BCUT2D eigenvalue weighted by atomic mass is 10.3. The van der Waals surface area contributed by atoms with Crippen LogP contribution < -0.4 is 9.47 Å². The van der Waals surface area contributed by atoms with E-state index in [0.717, 1.165) is 15.1 Å². The van der Waals surface area contributed by atoms with Crippen LogP contribution in [0, 0.1) is 3.57 Å². The molecule has 17 heavy (non-hydrogen) atoms. The zero-order valence-electron chi connectivity index (χ0n) is 10.1. The van der Waals surface area contributed by atoms with Crippen LogP contribution in [0.15, 0.2) is 18.2 Å². The highest BCUT2D eigenvalue weighted by Crippen LogP contribution is 2.30. The van der Waals surface area contributed by atoms with Gasteiger partial charge in [-0.25, -0.2) is 0 Å². The monoisotopic (exact) mass is 352 g/mol.